The van der Waals surface area contributed by atoms with Crippen LogP contribution in [0.2, 0.25) is 0 Å². The highest BCUT2D eigenvalue weighted by Crippen LogP contribution is 2.45. The van der Waals surface area contributed by atoms with Gasteiger partial charge in [0.15, 0.2) is 12.2 Å². The standard InChI is InChI=1S/C82H156O17P2/c1-8-10-11-12-13-14-15-16-21-25-28-34-42-49-56-63-79(84)92-69-77(98-81(86)65-58-51-44-35-29-26-23-20-18-17-19-22-24-27-32-39-46-53-60-73(3)4)71-96-100(88,89)94-67-76(83)68-95-101(90,91)97-72-78(70-93-80(85)64-57-50-43-38-37-40-47-54-61-74(5)6)99-82(87)66-59-52-45-36-31-30-33-41-48-55-62-75(7)9-2/h14-16,21,73-78,83H,8-13,17-20,22-72H2,1-7H3,(H,88,89)(H,90,91)/b15-14-,21-16-/t75?,76-,77-,78-/m1/s1. The molecule has 0 aliphatic heterocycles. The molecule has 0 radical (unpaired) electrons. The van der Waals surface area contributed by atoms with Gasteiger partial charge in [0.1, 0.15) is 19.3 Å². The lowest BCUT2D eigenvalue weighted by Gasteiger charge is -2.21. The van der Waals surface area contributed by atoms with Crippen LogP contribution in [0.5, 0.6) is 0 Å². The Morgan fingerprint density at radius 2 is 0.584 bits per heavy atom. The number of carbonyl (C=O) groups excluding carboxylic acids is 4. The van der Waals surface area contributed by atoms with Crippen LogP contribution in [0.3, 0.4) is 0 Å². The number of phosphoric acid groups is 2. The van der Waals surface area contributed by atoms with Crippen molar-refractivity contribution in [2.24, 2.45) is 17.8 Å². The minimum Gasteiger partial charge on any atom is -0.462 e. The number of carbonyl (C=O) groups is 4. The molecule has 3 unspecified atom stereocenters. The van der Waals surface area contributed by atoms with Crippen LogP contribution < -0.4 is 0 Å². The Kier molecular flexibility index (Phi) is 70.0. The van der Waals surface area contributed by atoms with Crippen LogP contribution in [0.1, 0.15) is 402 Å². The first-order chi connectivity index (χ1) is 48.8. The van der Waals surface area contributed by atoms with Gasteiger partial charge in [-0.05, 0) is 69.1 Å². The average molecular weight is 1480 g/mol. The molecule has 0 saturated carbocycles. The SMILES string of the molecule is CCCCCC/C=C\C=C/CCCCCCCC(=O)OC[C@H](COP(=O)(O)OC[C@@H](O)COP(=O)(O)OC[C@@H](COC(=O)CCCCCCCCCCC(C)C)OC(=O)CCCCCCCCCCCCC(C)CC)OC(=O)CCCCCCCCCCCCCCCCCCCCC(C)C. The number of phosphoric ester groups is 2. The van der Waals surface area contributed by atoms with Gasteiger partial charge in [-0.2, -0.15) is 0 Å². The van der Waals surface area contributed by atoms with E-state index < -0.39 is 97.5 Å². The molecule has 0 heterocycles. The molecule has 596 valence electrons. The van der Waals surface area contributed by atoms with Gasteiger partial charge >= 0.3 is 39.5 Å². The molecule has 0 fully saturated rings. The summed E-state index contributed by atoms with van der Waals surface area (Å²) in [6.07, 6.45) is 63.2. The fraction of sp³-hybridized carbons (Fsp3) is 0.902. The molecule has 101 heavy (non-hydrogen) atoms. The first kappa shape index (κ1) is 98.5. The van der Waals surface area contributed by atoms with E-state index in [1.165, 1.54) is 193 Å². The number of esters is 4. The van der Waals surface area contributed by atoms with E-state index in [-0.39, 0.29) is 25.7 Å². The van der Waals surface area contributed by atoms with E-state index in [0.29, 0.717) is 25.7 Å². The van der Waals surface area contributed by atoms with Crippen LogP contribution in [0.4, 0.5) is 0 Å². The molecule has 6 atom stereocenters. The molecular formula is C82H156O17P2. The van der Waals surface area contributed by atoms with E-state index in [2.05, 4.69) is 72.8 Å². The molecule has 0 spiro atoms. The topological polar surface area (TPSA) is 237 Å². The molecule has 3 N–H and O–H groups in total. The van der Waals surface area contributed by atoms with Crippen molar-refractivity contribution in [3.05, 3.63) is 24.3 Å². The highest BCUT2D eigenvalue weighted by Gasteiger charge is 2.30. The zero-order valence-electron chi connectivity index (χ0n) is 65.9. The molecular weight excluding hydrogens is 1320 g/mol. The maximum absolute atomic E-state index is 13.1. The summed E-state index contributed by atoms with van der Waals surface area (Å²) >= 11 is 0. The summed E-state index contributed by atoms with van der Waals surface area (Å²) in [6, 6.07) is 0. The fourth-order valence-electron chi connectivity index (χ4n) is 12.1. The summed E-state index contributed by atoms with van der Waals surface area (Å²) in [4.78, 5) is 73.0. The van der Waals surface area contributed by atoms with Crippen molar-refractivity contribution in [1.82, 2.24) is 0 Å². The van der Waals surface area contributed by atoms with Gasteiger partial charge in [-0.25, -0.2) is 9.13 Å². The Labute approximate surface area is 618 Å². The van der Waals surface area contributed by atoms with E-state index in [1.54, 1.807) is 0 Å². The summed E-state index contributed by atoms with van der Waals surface area (Å²) in [7, 11) is -9.93. The predicted molar refractivity (Wildman–Crippen MR) is 414 cm³/mol. The highest BCUT2D eigenvalue weighted by molar-refractivity contribution is 7.47. The second-order valence-corrected chi connectivity index (χ2v) is 32.9. The lowest BCUT2D eigenvalue weighted by molar-refractivity contribution is -0.161. The van der Waals surface area contributed by atoms with Crippen molar-refractivity contribution in [3.63, 3.8) is 0 Å². The van der Waals surface area contributed by atoms with Gasteiger partial charge in [-0.15, -0.1) is 0 Å². The van der Waals surface area contributed by atoms with E-state index in [9.17, 15) is 43.2 Å². The number of rotatable bonds is 78. The minimum atomic E-state index is -4.97. The van der Waals surface area contributed by atoms with E-state index in [4.69, 9.17) is 37.0 Å². The lowest BCUT2D eigenvalue weighted by atomic mass is 9.99. The predicted octanol–water partition coefficient (Wildman–Crippen LogP) is 24.1. The normalized spacial score (nSPS) is 14.4. The van der Waals surface area contributed by atoms with Crippen LogP contribution in [0.15, 0.2) is 24.3 Å². The molecule has 0 aromatic heterocycles. The number of aliphatic hydroxyl groups excluding tert-OH is 1. The summed E-state index contributed by atoms with van der Waals surface area (Å²) in [5.41, 5.74) is 0. The van der Waals surface area contributed by atoms with E-state index in [0.717, 1.165) is 127 Å². The number of hydrogen-bond acceptors (Lipinski definition) is 15. The van der Waals surface area contributed by atoms with E-state index >= 15 is 0 Å². The third-order valence-corrected chi connectivity index (χ3v) is 20.8. The van der Waals surface area contributed by atoms with Gasteiger partial charge in [-0.3, -0.25) is 37.3 Å². The molecule has 0 aliphatic carbocycles. The first-order valence-electron chi connectivity index (χ1n) is 41.7. The molecule has 0 amide bonds. The third-order valence-electron chi connectivity index (χ3n) is 18.9. The van der Waals surface area contributed by atoms with E-state index in [1.807, 2.05) is 0 Å². The molecule has 0 aliphatic rings. The third kappa shape index (κ3) is 74.2. The van der Waals surface area contributed by atoms with Crippen LogP contribution in [0.25, 0.3) is 0 Å². The van der Waals surface area contributed by atoms with Crippen LogP contribution in [-0.4, -0.2) is 96.7 Å². The van der Waals surface area contributed by atoms with Gasteiger partial charge < -0.3 is 33.8 Å². The minimum absolute atomic E-state index is 0.101. The molecule has 19 heteroatoms. The monoisotopic (exact) mass is 1480 g/mol. The summed E-state index contributed by atoms with van der Waals surface area (Å²) in [6.45, 7) is 11.9. The number of aliphatic hydroxyl groups is 1. The van der Waals surface area contributed by atoms with Crippen molar-refractivity contribution >= 4 is 39.5 Å². The average Bonchev–Trinajstić information content (AvgIpc) is 0.980. The van der Waals surface area contributed by atoms with Crippen molar-refractivity contribution in [2.45, 2.75) is 420 Å². The summed E-state index contributed by atoms with van der Waals surface area (Å²) in [5, 5.41) is 10.6. The Balaban J connectivity index is 5.27. The van der Waals surface area contributed by atoms with Gasteiger partial charge in [0.2, 0.25) is 0 Å². The number of ether oxygens (including phenoxy) is 4. The van der Waals surface area contributed by atoms with Crippen molar-refractivity contribution in [3.8, 4) is 0 Å². The molecule has 17 nitrogen and oxygen atoms in total. The van der Waals surface area contributed by atoms with Crippen LogP contribution >= 0.6 is 15.6 Å². The number of allylic oxidation sites excluding steroid dienone is 4. The van der Waals surface area contributed by atoms with Crippen LogP contribution in [-0.2, 0) is 65.4 Å². The second-order valence-electron chi connectivity index (χ2n) is 30.0. The largest absolute Gasteiger partial charge is 0.472 e. The Morgan fingerprint density at radius 3 is 0.881 bits per heavy atom. The highest BCUT2D eigenvalue weighted by atomic mass is 31.2. The molecule has 0 bridgehead atoms. The molecule has 0 saturated heterocycles. The Bertz CT molecular complexity index is 2050. The zero-order chi connectivity index (χ0) is 74.4. The fourth-order valence-corrected chi connectivity index (χ4v) is 13.7. The summed E-state index contributed by atoms with van der Waals surface area (Å²) < 4.78 is 68.7. The number of hydrogen-bond donors (Lipinski definition) is 3. The second kappa shape index (κ2) is 71.8. The summed E-state index contributed by atoms with van der Waals surface area (Å²) in [5.74, 6) is 0.203. The Hall–Kier alpha value is -2.46. The van der Waals surface area contributed by atoms with Gasteiger partial charge in [0.05, 0.1) is 26.4 Å². The maximum atomic E-state index is 13.1. The van der Waals surface area contributed by atoms with Gasteiger partial charge in [0, 0.05) is 25.7 Å². The van der Waals surface area contributed by atoms with Gasteiger partial charge in [0.25, 0.3) is 0 Å². The smallest absolute Gasteiger partial charge is 0.462 e. The van der Waals surface area contributed by atoms with Gasteiger partial charge in [-0.1, -0.05) is 349 Å². The first-order valence-corrected chi connectivity index (χ1v) is 44.7. The lowest BCUT2D eigenvalue weighted by Crippen LogP contribution is -2.30. The molecule has 0 aromatic rings. The molecule has 0 aromatic carbocycles. The van der Waals surface area contributed by atoms with Crippen molar-refractivity contribution in [1.29, 1.82) is 0 Å². The quantitative estimate of drug-likeness (QED) is 0.0169. The van der Waals surface area contributed by atoms with Crippen molar-refractivity contribution < 1.29 is 80.2 Å². The molecule has 0 rings (SSSR count). The van der Waals surface area contributed by atoms with Crippen LogP contribution in [0, 0.1) is 17.8 Å². The zero-order valence-corrected chi connectivity index (χ0v) is 67.6. The Morgan fingerprint density at radius 1 is 0.327 bits per heavy atom. The number of unbranched alkanes of at least 4 members (excludes halogenated alkanes) is 42. The van der Waals surface area contributed by atoms with Crippen molar-refractivity contribution in [2.75, 3.05) is 39.6 Å². The maximum Gasteiger partial charge on any atom is 0.472 e.